The third-order valence-electron chi connectivity index (χ3n) is 5.45. The lowest BCUT2D eigenvalue weighted by Gasteiger charge is -2.22. The number of nitrogens with two attached hydrogens (primary N) is 1. The average molecular weight is 422 g/mol. The number of hydrogen-bond acceptors (Lipinski definition) is 4. The fourth-order valence-electron chi connectivity index (χ4n) is 3.72. The minimum Gasteiger partial charge on any atom is -0.383 e. The van der Waals surface area contributed by atoms with Crippen LogP contribution in [0.4, 0.5) is 10.2 Å². The summed E-state index contributed by atoms with van der Waals surface area (Å²) < 4.78 is 14.8. The van der Waals surface area contributed by atoms with Crippen LogP contribution in [0.5, 0.6) is 0 Å². The molecule has 4 rings (SSSR count). The van der Waals surface area contributed by atoms with Gasteiger partial charge in [0, 0.05) is 18.3 Å². The first-order valence-corrected chi connectivity index (χ1v) is 11.2. The Hall–Kier alpha value is -2.86. The van der Waals surface area contributed by atoms with Gasteiger partial charge in [0.1, 0.15) is 11.6 Å². The maximum Gasteiger partial charge on any atom is 0.254 e. The molecule has 0 spiro atoms. The molecule has 1 fully saturated rings. The number of hydrogen-bond donors (Lipinski definition) is 2. The number of carbonyl (C=O) groups excluding carboxylic acids is 1. The number of pyridine rings is 1. The fraction of sp³-hybridized carbons (Fsp3) is 0.250. The summed E-state index contributed by atoms with van der Waals surface area (Å²) in [6.45, 7) is 0.347. The summed E-state index contributed by atoms with van der Waals surface area (Å²) in [7, 11) is 0. The van der Waals surface area contributed by atoms with E-state index in [-0.39, 0.29) is 5.56 Å². The van der Waals surface area contributed by atoms with Gasteiger partial charge in [0.05, 0.1) is 5.56 Å². The van der Waals surface area contributed by atoms with Crippen LogP contribution < -0.4 is 11.1 Å². The summed E-state index contributed by atoms with van der Waals surface area (Å²) in [5.41, 5.74) is 9.55. The predicted molar refractivity (Wildman–Crippen MR) is 121 cm³/mol. The Bertz CT molecular complexity index is 1040. The van der Waals surface area contributed by atoms with E-state index < -0.39 is 11.7 Å². The average Bonchev–Trinajstić information content (AvgIpc) is 2.79. The molecule has 1 amide bonds. The third-order valence-corrected chi connectivity index (χ3v) is 6.50. The van der Waals surface area contributed by atoms with Gasteiger partial charge in [-0.15, -0.1) is 0 Å². The van der Waals surface area contributed by atoms with Gasteiger partial charge in [0.25, 0.3) is 5.91 Å². The van der Waals surface area contributed by atoms with E-state index in [0.717, 1.165) is 35.5 Å². The lowest BCUT2D eigenvalue weighted by atomic mass is 9.92. The second-order valence-corrected chi connectivity index (χ2v) is 8.68. The molecule has 0 aliphatic carbocycles. The van der Waals surface area contributed by atoms with E-state index in [1.807, 2.05) is 54.4 Å². The van der Waals surface area contributed by atoms with Crippen LogP contribution in [-0.4, -0.2) is 22.4 Å². The van der Waals surface area contributed by atoms with E-state index in [1.54, 1.807) is 6.07 Å². The van der Waals surface area contributed by atoms with E-state index >= 15 is 0 Å². The predicted octanol–water partition coefficient (Wildman–Crippen LogP) is 5.01. The number of benzene rings is 2. The van der Waals surface area contributed by atoms with Gasteiger partial charge >= 0.3 is 0 Å². The Kier molecular flexibility index (Phi) is 6.33. The molecule has 3 N–H and O–H groups in total. The molecule has 154 valence electrons. The Labute approximate surface area is 180 Å². The summed E-state index contributed by atoms with van der Waals surface area (Å²) in [5.74, 6) is 2.10. The number of carbonyl (C=O) groups is 1. The summed E-state index contributed by atoms with van der Waals surface area (Å²) in [4.78, 5) is 16.8. The molecule has 0 bridgehead atoms. The van der Waals surface area contributed by atoms with E-state index in [1.165, 1.54) is 12.1 Å². The van der Waals surface area contributed by atoms with Gasteiger partial charge < -0.3 is 11.1 Å². The number of nitrogens with one attached hydrogen (secondary N) is 1. The van der Waals surface area contributed by atoms with Gasteiger partial charge in [0.15, 0.2) is 0 Å². The van der Waals surface area contributed by atoms with Crippen molar-refractivity contribution < 1.29 is 9.18 Å². The Morgan fingerprint density at radius 3 is 2.63 bits per heavy atom. The molecule has 1 saturated heterocycles. The quantitative estimate of drug-likeness (QED) is 0.608. The second kappa shape index (κ2) is 9.30. The fourth-order valence-corrected chi connectivity index (χ4v) is 4.82. The number of thioether (sulfide) groups is 1. The lowest BCUT2D eigenvalue weighted by molar-refractivity contribution is 0.0947. The smallest absolute Gasteiger partial charge is 0.254 e. The van der Waals surface area contributed by atoms with Gasteiger partial charge in [0.2, 0.25) is 0 Å². The lowest BCUT2D eigenvalue weighted by Crippen LogP contribution is -2.23. The van der Waals surface area contributed by atoms with Crippen LogP contribution in [0, 0.1) is 5.82 Å². The SMILES string of the molecule is Nc1ncc(C2CCSCC2)cc1-c1ccc(C(=O)NCc2ccccc2)c(F)c1. The van der Waals surface area contributed by atoms with E-state index in [0.29, 0.717) is 29.4 Å². The third kappa shape index (κ3) is 4.65. The molecule has 0 saturated carbocycles. The van der Waals surface area contributed by atoms with E-state index in [9.17, 15) is 9.18 Å². The first-order chi connectivity index (χ1) is 14.6. The van der Waals surface area contributed by atoms with Crippen LogP contribution in [-0.2, 0) is 6.54 Å². The van der Waals surface area contributed by atoms with Crippen LogP contribution >= 0.6 is 11.8 Å². The second-order valence-electron chi connectivity index (χ2n) is 7.45. The molecule has 30 heavy (non-hydrogen) atoms. The summed E-state index contributed by atoms with van der Waals surface area (Å²) >= 11 is 1.97. The maximum atomic E-state index is 14.8. The zero-order valence-electron chi connectivity index (χ0n) is 16.6. The summed E-state index contributed by atoms with van der Waals surface area (Å²) in [6.07, 6.45) is 4.07. The molecule has 0 unspecified atom stereocenters. The zero-order chi connectivity index (χ0) is 20.9. The zero-order valence-corrected chi connectivity index (χ0v) is 17.4. The normalized spacial score (nSPS) is 14.4. The molecule has 2 heterocycles. The molecule has 1 aromatic heterocycles. The summed E-state index contributed by atoms with van der Waals surface area (Å²) in [5, 5.41) is 2.76. The standard InChI is InChI=1S/C24H24FN3OS/c25-22-13-18(6-7-20(22)24(29)28-14-16-4-2-1-3-5-16)21-12-19(15-27-23(21)26)17-8-10-30-11-9-17/h1-7,12-13,15,17H,8-11,14H2,(H2,26,27)(H,28,29). The highest BCUT2D eigenvalue weighted by molar-refractivity contribution is 7.99. The monoisotopic (exact) mass is 421 g/mol. The van der Waals surface area contributed by atoms with Gasteiger partial charge in [-0.3, -0.25) is 4.79 Å². The van der Waals surface area contributed by atoms with Crippen molar-refractivity contribution >= 4 is 23.5 Å². The van der Waals surface area contributed by atoms with Crippen LogP contribution in [0.25, 0.3) is 11.1 Å². The van der Waals surface area contributed by atoms with Crippen LogP contribution in [0.3, 0.4) is 0 Å². The van der Waals surface area contributed by atoms with E-state index in [2.05, 4.69) is 10.3 Å². The first-order valence-electron chi connectivity index (χ1n) is 10.1. The van der Waals surface area contributed by atoms with Crippen LogP contribution in [0.15, 0.2) is 60.8 Å². The van der Waals surface area contributed by atoms with E-state index in [4.69, 9.17) is 5.73 Å². The molecule has 0 radical (unpaired) electrons. The largest absolute Gasteiger partial charge is 0.383 e. The number of amides is 1. The number of anilines is 1. The van der Waals surface area contributed by atoms with Crippen molar-refractivity contribution in [2.24, 2.45) is 0 Å². The number of nitrogen functional groups attached to an aromatic ring is 1. The molecular formula is C24H24FN3OS. The Balaban J connectivity index is 1.53. The van der Waals surface area contributed by atoms with Gasteiger partial charge in [-0.05, 0) is 65.2 Å². The number of halogens is 1. The molecule has 1 aliphatic heterocycles. The first kappa shape index (κ1) is 20.4. The van der Waals surface area contributed by atoms with Crippen molar-refractivity contribution in [3.8, 4) is 11.1 Å². The van der Waals surface area contributed by atoms with Crippen LogP contribution in [0.2, 0.25) is 0 Å². The Morgan fingerprint density at radius 2 is 1.90 bits per heavy atom. The minimum absolute atomic E-state index is 0.0154. The van der Waals surface area contributed by atoms with Gasteiger partial charge in [-0.1, -0.05) is 36.4 Å². The Morgan fingerprint density at radius 1 is 1.13 bits per heavy atom. The minimum atomic E-state index is -0.572. The van der Waals surface area contributed by atoms with Gasteiger partial charge in [-0.2, -0.15) is 11.8 Å². The highest BCUT2D eigenvalue weighted by Crippen LogP contribution is 2.35. The van der Waals surface area contributed by atoms with Crippen LogP contribution in [0.1, 0.15) is 40.2 Å². The molecule has 2 aromatic carbocycles. The highest BCUT2D eigenvalue weighted by atomic mass is 32.2. The molecule has 0 atom stereocenters. The molecular weight excluding hydrogens is 397 g/mol. The molecule has 1 aliphatic rings. The number of aromatic nitrogens is 1. The number of nitrogens with zero attached hydrogens (tertiary/aromatic N) is 1. The summed E-state index contributed by atoms with van der Waals surface area (Å²) in [6, 6.07) is 16.2. The topological polar surface area (TPSA) is 68.0 Å². The van der Waals surface area contributed by atoms with Crippen molar-refractivity contribution in [2.75, 3.05) is 17.2 Å². The van der Waals surface area contributed by atoms with Gasteiger partial charge in [-0.25, -0.2) is 9.37 Å². The van der Waals surface area contributed by atoms with Crippen molar-refractivity contribution in [3.63, 3.8) is 0 Å². The molecule has 3 aromatic rings. The van der Waals surface area contributed by atoms with Crippen molar-refractivity contribution in [2.45, 2.75) is 25.3 Å². The molecule has 6 heteroatoms. The maximum absolute atomic E-state index is 14.8. The van der Waals surface area contributed by atoms with Crippen molar-refractivity contribution in [3.05, 3.63) is 83.3 Å². The molecule has 4 nitrogen and oxygen atoms in total. The van der Waals surface area contributed by atoms with Crippen molar-refractivity contribution in [1.29, 1.82) is 0 Å². The number of rotatable bonds is 5. The highest BCUT2D eigenvalue weighted by Gasteiger charge is 2.19. The van der Waals surface area contributed by atoms with Crippen molar-refractivity contribution in [1.82, 2.24) is 10.3 Å².